The van der Waals surface area contributed by atoms with E-state index in [0.717, 1.165) is 12.1 Å². The number of phenolic OH excluding ortho intramolecular Hbond substituents is 1. The maximum Gasteiger partial charge on any atom is 0.417 e. The second-order valence-corrected chi connectivity index (χ2v) is 4.83. The van der Waals surface area contributed by atoms with E-state index in [-0.39, 0.29) is 10.6 Å². The molecule has 0 aliphatic carbocycles. The first-order chi connectivity index (χ1) is 10.8. The summed E-state index contributed by atoms with van der Waals surface area (Å²) in [6, 6.07) is 9.65. The minimum atomic E-state index is -4.70. The van der Waals surface area contributed by atoms with Crippen molar-refractivity contribution in [3.8, 4) is 5.75 Å². The standard InChI is InChI=1S/C15H10ClF3N2O2/c16-12-7-6-11(15(17,18)19)10(13(12)22)8-20-21-14(23)9-4-2-1-3-5-9/h1-8,22H,(H,21,23). The molecule has 0 aliphatic rings. The van der Waals surface area contributed by atoms with Crippen molar-refractivity contribution in [1.29, 1.82) is 0 Å². The minimum absolute atomic E-state index is 0.256. The highest BCUT2D eigenvalue weighted by molar-refractivity contribution is 6.32. The van der Waals surface area contributed by atoms with Gasteiger partial charge in [0.15, 0.2) is 0 Å². The Morgan fingerprint density at radius 2 is 1.83 bits per heavy atom. The molecule has 0 spiro atoms. The molecular formula is C15H10ClF3N2O2. The first-order valence-electron chi connectivity index (χ1n) is 6.28. The van der Waals surface area contributed by atoms with Crippen LogP contribution in [0, 0.1) is 0 Å². The second-order valence-electron chi connectivity index (χ2n) is 4.42. The molecule has 0 atom stereocenters. The monoisotopic (exact) mass is 342 g/mol. The number of hydrogen-bond donors (Lipinski definition) is 2. The third kappa shape index (κ3) is 4.01. The Morgan fingerprint density at radius 1 is 1.17 bits per heavy atom. The smallest absolute Gasteiger partial charge is 0.417 e. The molecule has 2 aromatic carbocycles. The Hall–Kier alpha value is -2.54. The molecular weight excluding hydrogens is 333 g/mol. The van der Waals surface area contributed by atoms with Crippen LogP contribution in [-0.4, -0.2) is 17.2 Å². The van der Waals surface area contributed by atoms with Gasteiger partial charge in [-0.25, -0.2) is 5.43 Å². The van der Waals surface area contributed by atoms with Gasteiger partial charge in [0.2, 0.25) is 0 Å². The lowest BCUT2D eigenvalue weighted by Crippen LogP contribution is -2.18. The molecule has 2 N–H and O–H groups in total. The molecule has 2 aromatic rings. The number of alkyl halides is 3. The average molecular weight is 343 g/mol. The molecule has 0 radical (unpaired) electrons. The van der Waals surface area contributed by atoms with Crippen LogP contribution in [0.3, 0.4) is 0 Å². The molecule has 0 fully saturated rings. The van der Waals surface area contributed by atoms with Gasteiger partial charge in [0.25, 0.3) is 5.91 Å². The number of nitrogens with zero attached hydrogens (tertiary/aromatic N) is 1. The summed E-state index contributed by atoms with van der Waals surface area (Å²) in [6.07, 6.45) is -4.00. The topological polar surface area (TPSA) is 61.7 Å². The van der Waals surface area contributed by atoms with Gasteiger partial charge in [-0.1, -0.05) is 29.8 Å². The number of aromatic hydroxyl groups is 1. The lowest BCUT2D eigenvalue weighted by atomic mass is 10.1. The van der Waals surface area contributed by atoms with E-state index in [2.05, 4.69) is 10.5 Å². The molecule has 2 rings (SSSR count). The van der Waals surface area contributed by atoms with E-state index in [1.807, 2.05) is 0 Å². The summed E-state index contributed by atoms with van der Waals surface area (Å²) in [7, 11) is 0. The zero-order valence-corrected chi connectivity index (χ0v) is 12.2. The van der Waals surface area contributed by atoms with E-state index in [4.69, 9.17) is 11.6 Å². The number of nitrogens with one attached hydrogen (secondary N) is 1. The van der Waals surface area contributed by atoms with Crippen molar-refractivity contribution in [1.82, 2.24) is 5.43 Å². The third-order valence-corrected chi connectivity index (χ3v) is 3.17. The molecule has 1 amide bonds. The molecule has 0 aromatic heterocycles. The van der Waals surface area contributed by atoms with Gasteiger partial charge in [0, 0.05) is 5.56 Å². The Labute approximate surface area is 134 Å². The van der Waals surface area contributed by atoms with Crippen LogP contribution in [0.4, 0.5) is 13.2 Å². The quantitative estimate of drug-likeness (QED) is 0.658. The van der Waals surface area contributed by atoms with Crippen LogP contribution in [0.1, 0.15) is 21.5 Å². The summed E-state index contributed by atoms with van der Waals surface area (Å²) in [5.41, 5.74) is 0.629. The molecule has 0 aliphatic heterocycles. The fraction of sp³-hybridized carbons (Fsp3) is 0.0667. The Bertz CT molecular complexity index is 746. The van der Waals surface area contributed by atoms with Gasteiger partial charge in [0.1, 0.15) is 5.75 Å². The summed E-state index contributed by atoms with van der Waals surface area (Å²) in [4.78, 5) is 11.7. The highest BCUT2D eigenvalue weighted by atomic mass is 35.5. The largest absolute Gasteiger partial charge is 0.506 e. The molecule has 0 saturated heterocycles. The van der Waals surface area contributed by atoms with Crippen molar-refractivity contribution in [3.63, 3.8) is 0 Å². The Balaban J connectivity index is 2.26. The summed E-state index contributed by atoms with van der Waals surface area (Å²) in [5, 5.41) is 12.9. The number of carbonyl (C=O) groups is 1. The van der Waals surface area contributed by atoms with Crippen LogP contribution in [-0.2, 0) is 6.18 Å². The summed E-state index contributed by atoms with van der Waals surface area (Å²) >= 11 is 5.61. The van der Waals surface area contributed by atoms with Crippen molar-refractivity contribution in [2.75, 3.05) is 0 Å². The predicted molar refractivity (Wildman–Crippen MR) is 79.6 cm³/mol. The van der Waals surface area contributed by atoms with Gasteiger partial charge in [-0.2, -0.15) is 18.3 Å². The number of rotatable bonds is 3. The van der Waals surface area contributed by atoms with E-state index in [1.54, 1.807) is 18.2 Å². The van der Waals surface area contributed by atoms with Gasteiger partial charge < -0.3 is 5.11 Å². The van der Waals surface area contributed by atoms with Gasteiger partial charge >= 0.3 is 6.18 Å². The minimum Gasteiger partial charge on any atom is -0.506 e. The van der Waals surface area contributed by atoms with E-state index < -0.39 is 29.0 Å². The highest BCUT2D eigenvalue weighted by Gasteiger charge is 2.34. The first kappa shape index (κ1) is 16.8. The maximum atomic E-state index is 12.9. The lowest BCUT2D eigenvalue weighted by Gasteiger charge is -2.12. The molecule has 120 valence electrons. The number of hydrogen-bond acceptors (Lipinski definition) is 3. The van der Waals surface area contributed by atoms with Crippen LogP contribution >= 0.6 is 11.6 Å². The first-order valence-corrected chi connectivity index (χ1v) is 6.65. The van der Waals surface area contributed by atoms with Crippen LogP contribution < -0.4 is 5.43 Å². The predicted octanol–water partition coefficient (Wildman–Crippen LogP) is 3.83. The number of amides is 1. The average Bonchev–Trinajstić information content (AvgIpc) is 2.51. The molecule has 8 heteroatoms. The Kier molecular flexibility index (Phi) is 4.90. The summed E-state index contributed by atoms with van der Waals surface area (Å²) in [6.45, 7) is 0. The molecule has 4 nitrogen and oxygen atoms in total. The van der Waals surface area contributed by atoms with E-state index >= 15 is 0 Å². The van der Waals surface area contributed by atoms with Gasteiger partial charge in [-0.3, -0.25) is 4.79 Å². The summed E-state index contributed by atoms with van der Waals surface area (Å²) in [5.74, 6) is -1.36. The van der Waals surface area contributed by atoms with Crippen molar-refractivity contribution < 1.29 is 23.1 Å². The fourth-order valence-electron chi connectivity index (χ4n) is 1.77. The zero-order chi connectivity index (χ0) is 17.0. The second kappa shape index (κ2) is 6.70. The number of carbonyl (C=O) groups excluding carboxylic acids is 1. The SMILES string of the molecule is O=C(NN=Cc1c(C(F)(F)F)ccc(Cl)c1O)c1ccccc1. The number of halogens is 4. The molecule has 0 saturated carbocycles. The molecule has 0 unspecified atom stereocenters. The van der Waals surface area contributed by atoms with E-state index in [1.165, 1.54) is 12.1 Å². The Morgan fingerprint density at radius 3 is 2.43 bits per heavy atom. The maximum absolute atomic E-state index is 12.9. The van der Waals surface area contributed by atoms with Gasteiger partial charge in [0.05, 0.1) is 22.4 Å². The molecule has 0 heterocycles. The van der Waals surface area contributed by atoms with Crippen molar-refractivity contribution in [3.05, 3.63) is 64.2 Å². The number of phenols is 1. The number of hydrazone groups is 1. The number of benzene rings is 2. The third-order valence-electron chi connectivity index (χ3n) is 2.87. The fourth-order valence-corrected chi connectivity index (χ4v) is 1.93. The van der Waals surface area contributed by atoms with E-state index in [0.29, 0.717) is 6.21 Å². The van der Waals surface area contributed by atoms with Crippen molar-refractivity contribution >= 4 is 23.7 Å². The summed E-state index contributed by atoms with van der Waals surface area (Å²) < 4.78 is 38.7. The van der Waals surface area contributed by atoms with Crippen LogP contribution in [0.2, 0.25) is 5.02 Å². The molecule has 23 heavy (non-hydrogen) atoms. The normalized spacial score (nSPS) is 11.7. The van der Waals surface area contributed by atoms with Crippen LogP contribution in [0.5, 0.6) is 5.75 Å². The van der Waals surface area contributed by atoms with Crippen LogP contribution in [0.25, 0.3) is 0 Å². The van der Waals surface area contributed by atoms with Gasteiger partial charge in [-0.15, -0.1) is 0 Å². The lowest BCUT2D eigenvalue weighted by molar-refractivity contribution is -0.137. The van der Waals surface area contributed by atoms with Gasteiger partial charge in [-0.05, 0) is 24.3 Å². The highest BCUT2D eigenvalue weighted by Crippen LogP contribution is 2.38. The van der Waals surface area contributed by atoms with E-state index in [9.17, 15) is 23.1 Å². The molecule has 0 bridgehead atoms. The van der Waals surface area contributed by atoms with Crippen molar-refractivity contribution in [2.45, 2.75) is 6.18 Å². The zero-order valence-electron chi connectivity index (χ0n) is 11.4. The van der Waals surface area contributed by atoms with Crippen LogP contribution in [0.15, 0.2) is 47.6 Å². The van der Waals surface area contributed by atoms with Crippen molar-refractivity contribution in [2.24, 2.45) is 5.10 Å².